The molecule has 0 radical (unpaired) electrons. The number of carbonyl (C=O) groups excluding carboxylic acids is 1. The van der Waals surface area contributed by atoms with Crippen LogP contribution in [0.2, 0.25) is 0 Å². The van der Waals surface area contributed by atoms with Crippen LogP contribution in [0.3, 0.4) is 0 Å². The molecule has 0 aromatic carbocycles. The maximum Gasteiger partial charge on any atom is 0.222 e. The van der Waals surface area contributed by atoms with Crippen molar-refractivity contribution in [2.24, 2.45) is 11.1 Å². The molecule has 0 aromatic rings. The van der Waals surface area contributed by atoms with Crippen LogP contribution in [0.5, 0.6) is 0 Å². The summed E-state index contributed by atoms with van der Waals surface area (Å²) in [5.41, 5.74) is 5.76. The second kappa shape index (κ2) is 7.10. The predicted molar refractivity (Wildman–Crippen MR) is 73.3 cm³/mol. The van der Waals surface area contributed by atoms with E-state index in [4.69, 9.17) is 10.5 Å². The van der Waals surface area contributed by atoms with E-state index in [2.05, 4.69) is 20.8 Å². The Hall–Kier alpha value is -0.610. The van der Waals surface area contributed by atoms with Crippen LogP contribution in [0.25, 0.3) is 0 Å². The van der Waals surface area contributed by atoms with Crippen molar-refractivity contribution in [3.8, 4) is 0 Å². The van der Waals surface area contributed by atoms with E-state index in [9.17, 15) is 4.79 Å². The van der Waals surface area contributed by atoms with Crippen LogP contribution >= 0.6 is 0 Å². The Balaban J connectivity index is 2.44. The van der Waals surface area contributed by atoms with Crippen molar-refractivity contribution in [3.05, 3.63) is 0 Å². The Bertz CT molecular complexity index is 267. The lowest BCUT2D eigenvalue weighted by atomic mass is 9.84. The summed E-state index contributed by atoms with van der Waals surface area (Å²) in [6.45, 7) is 9.28. The summed E-state index contributed by atoms with van der Waals surface area (Å²) in [6.07, 6.45) is 3.48. The van der Waals surface area contributed by atoms with Crippen molar-refractivity contribution in [2.45, 2.75) is 52.5 Å². The lowest BCUT2D eigenvalue weighted by molar-refractivity contribution is -0.140. The van der Waals surface area contributed by atoms with Crippen molar-refractivity contribution in [3.63, 3.8) is 0 Å². The zero-order valence-corrected chi connectivity index (χ0v) is 12.1. The lowest BCUT2D eigenvalue weighted by Gasteiger charge is -2.36. The van der Waals surface area contributed by atoms with Gasteiger partial charge in [-0.25, -0.2) is 0 Å². The van der Waals surface area contributed by atoms with Gasteiger partial charge in [0.1, 0.15) is 0 Å². The average Bonchev–Trinajstić information content (AvgIpc) is 2.36. The molecule has 1 fully saturated rings. The maximum atomic E-state index is 12.3. The molecular formula is C14H28N2O2. The van der Waals surface area contributed by atoms with Gasteiger partial charge in [0, 0.05) is 13.0 Å². The normalized spacial score (nSPS) is 21.1. The number of carbonyl (C=O) groups is 1. The van der Waals surface area contributed by atoms with Crippen LogP contribution < -0.4 is 5.73 Å². The van der Waals surface area contributed by atoms with Gasteiger partial charge in [-0.1, -0.05) is 20.8 Å². The van der Waals surface area contributed by atoms with E-state index < -0.39 is 0 Å². The molecule has 1 rings (SSSR count). The lowest BCUT2D eigenvalue weighted by Crippen LogP contribution is -2.48. The predicted octanol–water partition coefficient (Wildman–Crippen LogP) is 1.78. The van der Waals surface area contributed by atoms with Gasteiger partial charge in [0.25, 0.3) is 0 Å². The Morgan fingerprint density at radius 1 is 1.44 bits per heavy atom. The van der Waals surface area contributed by atoms with Gasteiger partial charge in [-0.05, 0) is 31.2 Å². The maximum absolute atomic E-state index is 12.3. The Kier molecular flexibility index (Phi) is 6.09. The first-order chi connectivity index (χ1) is 8.50. The van der Waals surface area contributed by atoms with E-state index in [0.717, 1.165) is 25.8 Å². The summed E-state index contributed by atoms with van der Waals surface area (Å²) in [4.78, 5) is 14.3. The second-order valence-electron chi connectivity index (χ2n) is 5.93. The van der Waals surface area contributed by atoms with E-state index >= 15 is 0 Å². The largest absolute Gasteiger partial charge is 0.377 e. The molecule has 0 spiro atoms. The third-order valence-electron chi connectivity index (χ3n) is 3.86. The minimum atomic E-state index is 0.165. The molecule has 1 aliphatic heterocycles. The molecule has 1 atom stereocenters. The molecule has 0 bridgehead atoms. The Labute approximate surface area is 111 Å². The number of hydrogen-bond donors (Lipinski definition) is 1. The van der Waals surface area contributed by atoms with Crippen LogP contribution in [0.4, 0.5) is 0 Å². The highest BCUT2D eigenvalue weighted by atomic mass is 16.5. The fraction of sp³-hybridized carbons (Fsp3) is 0.929. The number of rotatable bonds is 6. The molecule has 4 heteroatoms. The molecule has 0 aromatic heterocycles. The van der Waals surface area contributed by atoms with Crippen molar-refractivity contribution >= 4 is 5.91 Å². The van der Waals surface area contributed by atoms with Gasteiger partial charge in [-0.2, -0.15) is 0 Å². The zero-order chi connectivity index (χ0) is 13.6. The van der Waals surface area contributed by atoms with Gasteiger partial charge in [-0.15, -0.1) is 0 Å². The molecule has 0 saturated carbocycles. The van der Waals surface area contributed by atoms with Gasteiger partial charge >= 0.3 is 0 Å². The summed E-state index contributed by atoms with van der Waals surface area (Å²) in [7, 11) is 0. The standard InChI is InChI=1S/C14H28N2O2/c1-4-12-11-18-10-9-16(12)13(17)5-6-14(2,3)7-8-15/h12H,4-11,15H2,1-3H3. The van der Waals surface area contributed by atoms with Crippen LogP contribution in [-0.2, 0) is 9.53 Å². The number of amides is 1. The van der Waals surface area contributed by atoms with Crippen molar-refractivity contribution in [2.75, 3.05) is 26.3 Å². The van der Waals surface area contributed by atoms with Crippen LogP contribution in [0.15, 0.2) is 0 Å². The molecule has 4 nitrogen and oxygen atoms in total. The second-order valence-corrected chi connectivity index (χ2v) is 5.93. The summed E-state index contributed by atoms with van der Waals surface area (Å²) in [5, 5.41) is 0. The summed E-state index contributed by atoms with van der Waals surface area (Å²) < 4.78 is 5.43. The van der Waals surface area contributed by atoms with Gasteiger partial charge in [0.2, 0.25) is 5.91 Å². The first kappa shape index (κ1) is 15.4. The number of nitrogens with zero attached hydrogens (tertiary/aromatic N) is 1. The minimum absolute atomic E-state index is 0.165. The van der Waals surface area contributed by atoms with Gasteiger partial charge in [0.05, 0.1) is 19.3 Å². The molecule has 1 amide bonds. The minimum Gasteiger partial charge on any atom is -0.377 e. The molecule has 2 N–H and O–H groups in total. The average molecular weight is 256 g/mol. The van der Waals surface area contributed by atoms with Crippen molar-refractivity contribution < 1.29 is 9.53 Å². The van der Waals surface area contributed by atoms with E-state index in [0.29, 0.717) is 26.2 Å². The summed E-state index contributed by atoms with van der Waals surface area (Å²) in [6, 6.07) is 0.267. The van der Waals surface area contributed by atoms with E-state index in [1.165, 1.54) is 0 Å². The Morgan fingerprint density at radius 3 is 2.78 bits per heavy atom. The quantitative estimate of drug-likeness (QED) is 0.788. The first-order valence-electron chi connectivity index (χ1n) is 7.07. The summed E-state index contributed by atoms with van der Waals surface area (Å²) >= 11 is 0. The number of ether oxygens (including phenoxy) is 1. The van der Waals surface area contributed by atoms with E-state index in [1.807, 2.05) is 4.90 Å². The highest BCUT2D eigenvalue weighted by Crippen LogP contribution is 2.26. The molecule has 1 unspecified atom stereocenters. The highest BCUT2D eigenvalue weighted by Gasteiger charge is 2.27. The third kappa shape index (κ3) is 4.58. The summed E-state index contributed by atoms with van der Waals surface area (Å²) in [5.74, 6) is 0.273. The Morgan fingerprint density at radius 2 is 2.17 bits per heavy atom. The van der Waals surface area contributed by atoms with Crippen molar-refractivity contribution in [1.29, 1.82) is 0 Å². The number of hydrogen-bond acceptors (Lipinski definition) is 3. The smallest absolute Gasteiger partial charge is 0.222 e. The fourth-order valence-corrected chi connectivity index (χ4v) is 2.43. The topological polar surface area (TPSA) is 55.6 Å². The molecular weight excluding hydrogens is 228 g/mol. The molecule has 1 aliphatic rings. The van der Waals surface area contributed by atoms with E-state index in [-0.39, 0.29) is 17.4 Å². The zero-order valence-electron chi connectivity index (χ0n) is 12.1. The van der Waals surface area contributed by atoms with Crippen LogP contribution in [0, 0.1) is 5.41 Å². The highest BCUT2D eigenvalue weighted by molar-refractivity contribution is 5.76. The number of morpholine rings is 1. The molecule has 1 heterocycles. The first-order valence-corrected chi connectivity index (χ1v) is 7.07. The molecule has 1 saturated heterocycles. The van der Waals surface area contributed by atoms with E-state index in [1.54, 1.807) is 0 Å². The molecule has 106 valence electrons. The van der Waals surface area contributed by atoms with Crippen LogP contribution in [-0.4, -0.2) is 43.2 Å². The molecule has 0 aliphatic carbocycles. The SMILES string of the molecule is CCC1COCCN1C(=O)CCC(C)(C)CCN. The monoisotopic (exact) mass is 256 g/mol. The van der Waals surface area contributed by atoms with Crippen LogP contribution in [0.1, 0.15) is 46.5 Å². The van der Waals surface area contributed by atoms with Crippen molar-refractivity contribution in [1.82, 2.24) is 4.90 Å². The van der Waals surface area contributed by atoms with Gasteiger partial charge < -0.3 is 15.4 Å². The molecule has 18 heavy (non-hydrogen) atoms. The fourth-order valence-electron chi connectivity index (χ4n) is 2.43. The van der Waals surface area contributed by atoms with Gasteiger partial charge in [-0.3, -0.25) is 4.79 Å². The number of nitrogens with two attached hydrogens (primary N) is 1. The third-order valence-corrected chi connectivity index (χ3v) is 3.86. The van der Waals surface area contributed by atoms with Gasteiger partial charge in [0.15, 0.2) is 0 Å².